The Hall–Kier alpha value is -3.35. The minimum atomic E-state index is -0.473. The second kappa shape index (κ2) is 7.08. The minimum Gasteiger partial charge on any atom is -0.322 e. The highest BCUT2D eigenvalue weighted by atomic mass is 16.6. The van der Waals surface area contributed by atoms with Crippen LogP contribution in [0, 0.1) is 10.1 Å². The van der Waals surface area contributed by atoms with Crippen LogP contribution in [0.5, 0.6) is 0 Å². The first-order valence-electron chi connectivity index (χ1n) is 6.69. The maximum absolute atomic E-state index is 11.5. The molecule has 0 bridgehead atoms. The fraction of sp³-hybridized carbons (Fsp3) is 0.0625. The summed E-state index contributed by atoms with van der Waals surface area (Å²) in [6.07, 6.45) is 0. The van der Waals surface area contributed by atoms with E-state index in [0.717, 1.165) is 0 Å². The lowest BCUT2D eigenvalue weighted by atomic mass is 10.2. The third-order valence-corrected chi connectivity index (χ3v) is 2.85. The van der Waals surface area contributed by atoms with Crippen molar-refractivity contribution in [3.63, 3.8) is 0 Å². The summed E-state index contributed by atoms with van der Waals surface area (Å²) in [7, 11) is 0. The molecule has 116 valence electrons. The van der Waals surface area contributed by atoms with Crippen LogP contribution in [0.1, 0.15) is 6.92 Å². The number of non-ortho nitro benzene ring substituents is 1. The predicted octanol–water partition coefficient (Wildman–Crippen LogP) is 4.52. The van der Waals surface area contributed by atoms with E-state index in [2.05, 4.69) is 22.1 Å². The number of rotatable bonds is 5. The van der Waals surface area contributed by atoms with Gasteiger partial charge in [-0.1, -0.05) is 6.58 Å². The van der Waals surface area contributed by atoms with Gasteiger partial charge in [-0.05, 0) is 43.3 Å². The van der Waals surface area contributed by atoms with Gasteiger partial charge in [-0.15, -0.1) is 0 Å². The van der Waals surface area contributed by atoms with Gasteiger partial charge in [-0.25, -0.2) is 0 Å². The third kappa shape index (κ3) is 4.57. The summed E-state index contributed by atoms with van der Waals surface area (Å²) in [5.74, 6) is -0.245. The van der Waals surface area contributed by atoms with Crippen molar-refractivity contribution in [3.8, 4) is 0 Å². The summed E-state index contributed by atoms with van der Waals surface area (Å²) in [5, 5.41) is 21.3. The van der Waals surface area contributed by atoms with E-state index in [1.807, 2.05) is 0 Å². The molecule has 7 heteroatoms. The number of nitrogens with zero attached hydrogens (tertiary/aromatic N) is 3. The molecule has 0 aliphatic carbocycles. The average molecular weight is 310 g/mol. The predicted molar refractivity (Wildman–Crippen MR) is 87.2 cm³/mol. The summed E-state index contributed by atoms with van der Waals surface area (Å²) in [6, 6.07) is 12.6. The Kier molecular flexibility index (Phi) is 4.93. The number of azo groups is 1. The van der Waals surface area contributed by atoms with Crippen LogP contribution in [-0.2, 0) is 4.79 Å². The van der Waals surface area contributed by atoms with Crippen LogP contribution in [0.15, 0.2) is 70.9 Å². The number of hydrogen-bond donors (Lipinski definition) is 1. The highest BCUT2D eigenvalue weighted by molar-refractivity contribution is 6.02. The zero-order chi connectivity index (χ0) is 16.8. The van der Waals surface area contributed by atoms with Crippen molar-refractivity contribution in [2.45, 2.75) is 6.92 Å². The Morgan fingerprint density at radius 1 is 1.04 bits per heavy atom. The highest BCUT2D eigenvalue weighted by Crippen LogP contribution is 2.22. The lowest BCUT2D eigenvalue weighted by Gasteiger charge is -2.04. The zero-order valence-electron chi connectivity index (χ0n) is 12.4. The van der Waals surface area contributed by atoms with E-state index in [1.165, 1.54) is 24.3 Å². The fourth-order valence-electron chi connectivity index (χ4n) is 1.61. The van der Waals surface area contributed by atoms with Gasteiger partial charge in [0.05, 0.1) is 16.3 Å². The smallest absolute Gasteiger partial charge is 0.269 e. The molecule has 1 amide bonds. The summed E-state index contributed by atoms with van der Waals surface area (Å²) in [6.45, 7) is 5.19. The number of carbonyl (C=O) groups excluding carboxylic acids is 1. The van der Waals surface area contributed by atoms with E-state index in [0.29, 0.717) is 22.6 Å². The maximum Gasteiger partial charge on any atom is 0.269 e. The number of nitro groups is 1. The van der Waals surface area contributed by atoms with Crippen LogP contribution >= 0.6 is 0 Å². The topological polar surface area (TPSA) is 97.0 Å². The van der Waals surface area contributed by atoms with Crippen LogP contribution in [0.25, 0.3) is 0 Å². The second-order valence-corrected chi connectivity index (χ2v) is 4.75. The van der Waals surface area contributed by atoms with Crippen molar-refractivity contribution in [3.05, 3.63) is 70.8 Å². The van der Waals surface area contributed by atoms with Crippen LogP contribution in [0.3, 0.4) is 0 Å². The first kappa shape index (κ1) is 16.0. The number of benzene rings is 2. The van der Waals surface area contributed by atoms with Gasteiger partial charge in [0.15, 0.2) is 0 Å². The summed E-state index contributed by atoms with van der Waals surface area (Å²) < 4.78 is 0. The van der Waals surface area contributed by atoms with Crippen LogP contribution in [-0.4, -0.2) is 10.8 Å². The fourth-order valence-corrected chi connectivity index (χ4v) is 1.61. The first-order valence-corrected chi connectivity index (χ1v) is 6.69. The second-order valence-electron chi connectivity index (χ2n) is 4.75. The third-order valence-electron chi connectivity index (χ3n) is 2.85. The number of anilines is 1. The van der Waals surface area contributed by atoms with Crippen molar-refractivity contribution >= 4 is 28.7 Å². The summed E-state index contributed by atoms with van der Waals surface area (Å²) in [4.78, 5) is 21.6. The van der Waals surface area contributed by atoms with Gasteiger partial charge >= 0.3 is 0 Å². The molecule has 2 aromatic rings. The average Bonchev–Trinajstić information content (AvgIpc) is 2.54. The lowest BCUT2D eigenvalue weighted by molar-refractivity contribution is -0.384. The molecule has 2 rings (SSSR count). The molecule has 0 aliphatic rings. The molecular formula is C16H14N4O3. The molecule has 0 unspecified atom stereocenters. The van der Waals surface area contributed by atoms with Crippen molar-refractivity contribution in [1.82, 2.24) is 0 Å². The van der Waals surface area contributed by atoms with E-state index in [1.54, 1.807) is 31.2 Å². The van der Waals surface area contributed by atoms with Gasteiger partial charge in [-0.2, -0.15) is 10.2 Å². The Bertz CT molecular complexity index is 765. The van der Waals surface area contributed by atoms with Crippen molar-refractivity contribution in [2.24, 2.45) is 10.2 Å². The molecule has 0 fully saturated rings. The van der Waals surface area contributed by atoms with Gasteiger partial charge in [0.1, 0.15) is 0 Å². The van der Waals surface area contributed by atoms with E-state index in [9.17, 15) is 14.9 Å². The van der Waals surface area contributed by atoms with E-state index in [-0.39, 0.29) is 11.6 Å². The Morgan fingerprint density at radius 2 is 1.52 bits per heavy atom. The first-order chi connectivity index (χ1) is 11.0. The number of nitro benzene ring substituents is 1. The van der Waals surface area contributed by atoms with Crippen LogP contribution in [0.4, 0.5) is 22.7 Å². The Morgan fingerprint density at radius 3 is 1.96 bits per heavy atom. The summed E-state index contributed by atoms with van der Waals surface area (Å²) in [5.41, 5.74) is 2.16. The zero-order valence-corrected chi connectivity index (χ0v) is 12.4. The van der Waals surface area contributed by atoms with Crippen LogP contribution < -0.4 is 5.32 Å². The van der Waals surface area contributed by atoms with Gasteiger partial charge in [0, 0.05) is 23.4 Å². The number of hydrogen-bond acceptors (Lipinski definition) is 5. The molecule has 2 aromatic carbocycles. The van der Waals surface area contributed by atoms with E-state index in [4.69, 9.17) is 0 Å². The van der Waals surface area contributed by atoms with Gasteiger partial charge < -0.3 is 5.32 Å². The molecule has 0 aliphatic heterocycles. The van der Waals surface area contributed by atoms with Gasteiger partial charge in [0.2, 0.25) is 0 Å². The van der Waals surface area contributed by atoms with Crippen LogP contribution in [0.2, 0.25) is 0 Å². The molecule has 0 heterocycles. The molecule has 0 spiro atoms. The largest absolute Gasteiger partial charge is 0.322 e. The minimum absolute atomic E-state index is 0.00144. The molecule has 0 aromatic heterocycles. The maximum atomic E-state index is 11.5. The summed E-state index contributed by atoms with van der Waals surface area (Å²) >= 11 is 0. The molecule has 1 N–H and O–H groups in total. The van der Waals surface area contributed by atoms with Gasteiger partial charge in [0.25, 0.3) is 11.6 Å². The normalized spacial score (nSPS) is 10.5. The van der Waals surface area contributed by atoms with E-state index < -0.39 is 4.92 Å². The van der Waals surface area contributed by atoms with Gasteiger partial charge in [-0.3, -0.25) is 14.9 Å². The molecule has 0 saturated heterocycles. The van der Waals surface area contributed by atoms with Crippen molar-refractivity contribution < 1.29 is 9.72 Å². The number of carbonyl (C=O) groups is 1. The quantitative estimate of drug-likeness (QED) is 0.380. The lowest BCUT2D eigenvalue weighted by Crippen LogP contribution is -2.11. The molecule has 0 radical (unpaired) electrons. The molecule has 0 saturated carbocycles. The van der Waals surface area contributed by atoms with Crippen molar-refractivity contribution in [1.29, 1.82) is 0 Å². The van der Waals surface area contributed by atoms with E-state index >= 15 is 0 Å². The molecule has 7 nitrogen and oxygen atoms in total. The SMILES string of the molecule is C=C(C)C(=O)Nc1ccc(/N=N\c2ccc([N+](=O)[O-])cc2)cc1. The standard InChI is InChI=1S/C16H14N4O3/c1-11(2)16(21)17-12-3-5-13(6-4-12)18-19-14-7-9-15(10-8-14)20(22)23/h3-10H,1H2,2H3,(H,17,21)/b19-18-. The monoisotopic (exact) mass is 310 g/mol. The molecular weight excluding hydrogens is 296 g/mol. The molecule has 23 heavy (non-hydrogen) atoms. The molecule has 0 atom stereocenters. The number of nitrogens with one attached hydrogen (secondary N) is 1. The number of amides is 1. The Labute approximate surface area is 132 Å². The van der Waals surface area contributed by atoms with Crippen molar-refractivity contribution in [2.75, 3.05) is 5.32 Å². The Balaban J connectivity index is 2.04. The highest BCUT2D eigenvalue weighted by Gasteiger charge is 2.04.